The van der Waals surface area contributed by atoms with Crippen molar-refractivity contribution in [1.82, 2.24) is 9.80 Å². The van der Waals surface area contributed by atoms with Gasteiger partial charge in [0.2, 0.25) is 0 Å². The molecule has 1 heterocycles. The molecule has 1 saturated carbocycles. The molecule has 0 bridgehead atoms. The van der Waals surface area contributed by atoms with E-state index in [9.17, 15) is 14.7 Å². The first-order valence-electron chi connectivity index (χ1n) is 13.2. The van der Waals surface area contributed by atoms with Crippen molar-refractivity contribution in [2.75, 3.05) is 33.8 Å². The Hall–Kier alpha value is -2.29. The van der Waals surface area contributed by atoms with Crippen LogP contribution in [0.25, 0.3) is 0 Å². The van der Waals surface area contributed by atoms with Crippen LogP contribution in [-0.2, 0) is 10.6 Å². The zero-order valence-electron chi connectivity index (χ0n) is 22.2. The Labute approximate surface area is 233 Å². The Morgan fingerprint density at radius 2 is 1.84 bits per heavy atom. The summed E-state index contributed by atoms with van der Waals surface area (Å²) >= 11 is 8.19. The zero-order chi connectivity index (χ0) is 27.5. The van der Waals surface area contributed by atoms with Gasteiger partial charge >= 0.3 is 5.85 Å². The number of hydrogen-bond donors (Lipinski definition) is 1. The van der Waals surface area contributed by atoms with Crippen molar-refractivity contribution in [2.24, 2.45) is 5.41 Å². The number of amides is 2. The fourth-order valence-corrected chi connectivity index (χ4v) is 6.99. The highest BCUT2D eigenvalue weighted by Gasteiger charge is 2.45. The van der Waals surface area contributed by atoms with E-state index in [4.69, 9.17) is 16.3 Å². The molecule has 2 aromatic rings. The third kappa shape index (κ3) is 6.29. The highest BCUT2D eigenvalue weighted by molar-refractivity contribution is 8.00. The van der Waals surface area contributed by atoms with Crippen LogP contribution in [-0.4, -0.2) is 65.8 Å². The number of rotatable bonds is 7. The molecule has 206 valence electrons. The average Bonchev–Trinajstić information content (AvgIpc) is 2.90. The van der Waals surface area contributed by atoms with Crippen LogP contribution >= 0.6 is 23.4 Å². The van der Waals surface area contributed by atoms with Gasteiger partial charge in [0, 0.05) is 42.9 Å². The second kappa shape index (κ2) is 11.8. The summed E-state index contributed by atoms with van der Waals surface area (Å²) in [6.45, 7) is 3.10. The first kappa shape index (κ1) is 28.7. The Bertz CT molecular complexity index is 1160. The van der Waals surface area contributed by atoms with Gasteiger partial charge in [-0.15, -0.1) is 11.8 Å². The maximum absolute atomic E-state index is 15.3. The van der Waals surface area contributed by atoms with Gasteiger partial charge in [-0.3, -0.25) is 9.59 Å². The molecule has 4 rings (SSSR count). The van der Waals surface area contributed by atoms with E-state index >= 15 is 4.39 Å². The normalized spacial score (nSPS) is 19.2. The van der Waals surface area contributed by atoms with E-state index in [-0.39, 0.29) is 16.9 Å². The SMILES string of the molecule is CCOc1cccc([C@@](O)(F)C(=O)N2CCC3(CCC(Sc4ccc(C(=O)N(C)C)c(Cl)c4)CC3)CC2)c1. The second-order valence-electron chi connectivity index (χ2n) is 10.5. The van der Waals surface area contributed by atoms with Crippen LogP contribution in [0.15, 0.2) is 47.4 Å². The van der Waals surface area contributed by atoms with Gasteiger partial charge in [-0.25, -0.2) is 0 Å². The third-order valence-electron chi connectivity index (χ3n) is 7.80. The first-order valence-corrected chi connectivity index (χ1v) is 14.4. The summed E-state index contributed by atoms with van der Waals surface area (Å²) in [5.74, 6) is -3.68. The number of aliphatic hydroxyl groups is 1. The predicted octanol–water partition coefficient (Wildman–Crippen LogP) is 5.90. The zero-order valence-corrected chi connectivity index (χ0v) is 23.8. The molecule has 0 radical (unpaired) electrons. The molecular weight excluding hydrogens is 527 g/mol. The van der Waals surface area contributed by atoms with Crippen LogP contribution in [0.2, 0.25) is 5.02 Å². The number of carbonyl (C=O) groups excluding carboxylic acids is 2. The number of halogens is 2. The van der Waals surface area contributed by atoms with E-state index in [0.29, 0.717) is 41.3 Å². The molecule has 2 amide bonds. The van der Waals surface area contributed by atoms with Crippen molar-refractivity contribution in [1.29, 1.82) is 0 Å². The average molecular weight is 563 g/mol. The molecule has 1 aliphatic heterocycles. The topological polar surface area (TPSA) is 70.1 Å². The van der Waals surface area contributed by atoms with Gasteiger partial charge in [-0.05, 0) is 81.2 Å². The molecule has 2 aromatic carbocycles. The number of likely N-dealkylation sites (tertiary alicyclic amines) is 1. The highest BCUT2D eigenvalue weighted by Crippen LogP contribution is 2.48. The van der Waals surface area contributed by atoms with E-state index in [1.165, 1.54) is 21.9 Å². The minimum Gasteiger partial charge on any atom is -0.494 e. The Morgan fingerprint density at radius 1 is 1.16 bits per heavy atom. The predicted molar refractivity (Wildman–Crippen MR) is 148 cm³/mol. The Kier molecular flexibility index (Phi) is 8.95. The summed E-state index contributed by atoms with van der Waals surface area (Å²) in [6.07, 6.45) is 5.80. The molecule has 6 nitrogen and oxygen atoms in total. The van der Waals surface area contributed by atoms with Crippen molar-refractivity contribution in [3.8, 4) is 5.75 Å². The first-order chi connectivity index (χ1) is 18.0. The molecule has 9 heteroatoms. The smallest absolute Gasteiger partial charge is 0.312 e. The molecule has 2 fully saturated rings. The molecular formula is C29H36ClFN2O4S. The summed E-state index contributed by atoms with van der Waals surface area (Å²) < 4.78 is 20.7. The maximum atomic E-state index is 15.3. The standard InChI is InChI=1S/C29H36ClFN2O4S/c1-4-37-21-7-5-6-20(18-21)29(31,36)27(35)33-16-14-28(15-17-33)12-10-22(11-13-28)38-23-8-9-24(25(30)19-23)26(34)32(2)3/h5-9,18-19,22,36H,4,10-17H2,1-3H3/t29-/m0/s1. The van der Waals surface area contributed by atoms with E-state index in [2.05, 4.69) is 0 Å². The van der Waals surface area contributed by atoms with Crippen LogP contribution in [0.1, 0.15) is 61.4 Å². The van der Waals surface area contributed by atoms with Gasteiger partial charge in [0.15, 0.2) is 0 Å². The molecule has 1 spiro atoms. The minimum absolute atomic E-state index is 0.106. The van der Waals surface area contributed by atoms with Gasteiger partial charge in [0.25, 0.3) is 11.8 Å². The summed E-state index contributed by atoms with van der Waals surface area (Å²) in [5.41, 5.74) is 0.550. The summed E-state index contributed by atoms with van der Waals surface area (Å²) in [7, 11) is 3.41. The number of thioether (sulfide) groups is 1. The van der Waals surface area contributed by atoms with Gasteiger partial charge < -0.3 is 19.6 Å². The summed E-state index contributed by atoms with van der Waals surface area (Å²) in [6, 6.07) is 11.7. The van der Waals surface area contributed by atoms with Gasteiger partial charge in [-0.2, -0.15) is 4.39 Å². The Morgan fingerprint density at radius 3 is 2.45 bits per heavy atom. The number of piperidine rings is 1. The lowest BCUT2D eigenvalue weighted by Gasteiger charge is -2.46. The molecule has 0 unspecified atom stereocenters. The highest BCUT2D eigenvalue weighted by atomic mass is 35.5. The molecule has 2 aliphatic rings. The number of benzene rings is 2. The van der Waals surface area contributed by atoms with Gasteiger partial charge in [-0.1, -0.05) is 23.7 Å². The molecule has 38 heavy (non-hydrogen) atoms. The van der Waals surface area contributed by atoms with E-state index in [1.807, 2.05) is 19.1 Å². The molecule has 0 aromatic heterocycles. The maximum Gasteiger partial charge on any atom is 0.312 e. The van der Waals surface area contributed by atoms with Crippen molar-refractivity contribution >= 4 is 35.2 Å². The van der Waals surface area contributed by atoms with Crippen LogP contribution < -0.4 is 4.74 Å². The van der Waals surface area contributed by atoms with Crippen LogP contribution in [0, 0.1) is 5.41 Å². The second-order valence-corrected chi connectivity index (χ2v) is 12.3. The van der Waals surface area contributed by atoms with E-state index in [0.717, 1.165) is 43.4 Å². The number of ether oxygens (including phenoxy) is 1. The number of hydrogen-bond acceptors (Lipinski definition) is 5. The fourth-order valence-electron chi connectivity index (χ4n) is 5.47. The largest absolute Gasteiger partial charge is 0.494 e. The third-order valence-corrected chi connectivity index (χ3v) is 9.44. The van der Waals surface area contributed by atoms with Crippen molar-refractivity contribution in [2.45, 2.75) is 61.4 Å². The lowest BCUT2D eigenvalue weighted by molar-refractivity contribution is -0.177. The van der Waals surface area contributed by atoms with Gasteiger partial charge in [0.05, 0.1) is 17.2 Å². The number of carbonyl (C=O) groups is 2. The van der Waals surface area contributed by atoms with Crippen molar-refractivity contribution in [3.05, 3.63) is 58.6 Å². The van der Waals surface area contributed by atoms with Crippen LogP contribution in [0.4, 0.5) is 4.39 Å². The van der Waals surface area contributed by atoms with Crippen molar-refractivity contribution < 1.29 is 23.8 Å². The number of nitrogens with zero attached hydrogens (tertiary/aromatic N) is 2. The summed E-state index contributed by atoms with van der Waals surface area (Å²) in [4.78, 5) is 29.2. The van der Waals surface area contributed by atoms with Crippen LogP contribution in [0.3, 0.4) is 0 Å². The lowest BCUT2D eigenvalue weighted by Crippen LogP contribution is -2.50. The van der Waals surface area contributed by atoms with E-state index < -0.39 is 11.8 Å². The quantitative estimate of drug-likeness (QED) is 0.455. The molecule has 1 saturated heterocycles. The van der Waals surface area contributed by atoms with Crippen LogP contribution in [0.5, 0.6) is 5.75 Å². The lowest BCUT2D eigenvalue weighted by atomic mass is 9.68. The summed E-state index contributed by atoms with van der Waals surface area (Å²) in [5, 5.41) is 11.4. The fraction of sp³-hybridized carbons (Fsp3) is 0.517. The van der Waals surface area contributed by atoms with Crippen molar-refractivity contribution in [3.63, 3.8) is 0 Å². The molecule has 1 N–H and O–H groups in total. The minimum atomic E-state index is -3.08. The monoisotopic (exact) mass is 562 g/mol. The molecule has 1 atom stereocenters. The number of alkyl halides is 1. The van der Waals surface area contributed by atoms with E-state index in [1.54, 1.807) is 44.1 Å². The molecule has 1 aliphatic carbocycles. The van der Waals surface area contributed by atoms with Gasteiger partial charge in [0.1, 0.15) is 5.75 Å². The Balaban J connectivity index is 1.30.